The van der Waals surface area contributed by atoms with E-state index in [1.807, 2.05) is 0 Å². The molecule has 3 amide bonds. The summed E-state index contributed by atoms with van der Waals surface area (Å²) in [6, 6.07) is 4.47. The number of pyridine rings is 1. The van der Waals surface area contributed by atoms with Crippen LogP contribution in [0, 0.1) is 5.92 Å². The molecule has 2 aliphatic rings. The van der Waals surface area contributed by atoms with Crippen LogP contribution in [0.1, 0.15) is 25.0 Å². The summed E-state index contributed by atoms with van der Waals surface area (Å²) >= 11 is 0. The standard InChI is InChI=1S/C14H16FN3O2/c15-10-5-3-6-11-12(10)13(19)18(14(20)17-11)8-9-4-1-2-7-16-9/h1-2,4,7,10-12H,3,5-6,8H2,(H,17,20). The fourth-order valence-corrected chi connectivity index (χ4v) is 2.95. The van der Waals surface area contributed by atoms with Gasteiger partial charge in [0.25, 0.3) is 0 Å². The fraction of sp³-hybridized carbons (Fsp3) is 0.500. The number of halogens is 1. The van der Waals surface area contributed by atoms with Crippen LogP contribution in [0.3, 0.4) is 0 Å². The molecule has 1 aliphatic heterocycles. The molecule has 106 valence electrons. The highest BCUT2D eigenvalue weighted by molar-refractivity contribution is 5.99. The molecule has 1 aliphatic carbocycles. The van der Waals surface area contributed by atoms with Crippen LogP contribution in [0.4, 0.5) is 9.18 Å². The number of urea groups is 1. The SMILES string of the molecule is O=C1NC2CCCC(F)C2C(=O)N1Cc1ccccn1. The minimum Gasteiger partial charge on any atom is -0.334 e. The van der Waals surface area contributed by atoms with Gasteiger partial charge in [-0.15, -0.1) is 0 Å². The minimum atomic E-state index is -1.17. The van der Waals surface area contributed by atoms with E-state index in [2.05, 4.69) is 10.3 Å². The molecule has 0 bridgehead atoms. The van der Waals surface area contributed by atoms with Gasteiger partial charge < -0.3 is 5.32 Å². The lowest BCUT2D eigenvalue weighted by molar-refractivity contribution is -0.140. The van der Waals surface area contributed by atoms with Crippen LogP contribution in [0.15, 0.2) is 24.4 Å². The topological polar surface area (TPSA) is 62.3 Å². The second-order valence-electron chi connectivity index (χ2n) is 5.27. The van der Waals surface area contributed by atoms with Crippen LogP contribution in [-0.2, 0) is 11.3 Å². The van der Waals surface area contributed by atoms with Crippen LogP contribution in [-0.4, -0.2) is 34.0 Å². The van der Waals surface area contributed by atoms with Crippen LogP contribution < -0.4 is 5.32 Å². The lowest BCUT2D eigenvalue weighted by atomic mass is 9.81. The summed E-state index contributed by atoms with van der Waals surface area (Å²) < 4.78 is 14.0. The van der Waals surface area contributed by atoms with E-state index in [9.17, 15) is 14.0 Å². The Morgan fingerprint density at radius 2 is 2.20 bits per heavy atom. The number of carbonyl (C=O) groups is 2. The number of nitrogens with one attached hydrogen (secondary N) is 1. The lowest BCUT2D eigenvalue weighted by Gasteiger charge is -2.41. The highest BCUT2D eigenvalue weighted by atomic mass is 19.1. The second-order valence-corrected chi connectivity index (χ2v) is 5.27. The number of fused-ring (bicyclic) bond motifs is 1. The van der Waals surface area contributed by atoms with E-state index in [1.54, 1.807) is 24.4 Å². The van der Waals surface area contributed by atoms with Crippen LogP contribution in [0.5, 0.6) is 0 Å². The van der Waals surface area contributed by atoms with E-state index in [0.717, 1.165) is 4.90 Å². The van der Waals surface area contributed by atoms with E-state index in [1.165, 1.54) is 0 Å². The Kier molecular flexibility index (Phi) is 3.38. The van der Waals surface area contributed by atoms with Gasteiger partial charge in [-0.2, -0.15) is 0 Å². The molecule has 1 aromatic rings. The molecule has 1 N–H and O–H groups in total. The predicted molar refractivity (Wildman–Crippen MR) is 69.3 cm³/mol. The number of hydrogen-bond acceptors (Lipinski definition) is 3. The minimum absolute atomic E-state index is 0.0848. The molecular formula is C14H16FN3O2. The number of aromatic nitrogens is 1. The van der Waals surface area contributed by atoms with Crippen molar-refractivity contribution in [3.8, 4) is 0 Å². The summed E-state index contributed by atoms with van der Waals surface area (Å²) in [5, 5.41) is 2.75. The Morgan fingerprint density at radius 1 is 1.35 bits per heavy atom. The Hall–Kier alpha value is -1.98. The van der Waals surface area contributed by atoms with Crippen LogP contribution in [0.2, 0.25) is 0 Å². The summed E-state index contributed by atoms with van der Waals surface area (Å²) in [6.07, 6.45) is 2.19. The van der Waals surface area contributed by atoms with Crippen molar-refractivity contribution >= 4 is 11.9 Å². The van der Waals surface area contributed by atoms with Crippen molar-refractivity contribution in [3.05, 3.63) is 30.1 Å². The summed E-state index contributed by atoms with van der Waals surface area (Å²) in [7, 11) is 0. The van der Waals surface area contributed by atoms with Gasteiger partial charge in [0.15, 0.2) is 0 Å². The normalized spacial score (nSPS) is 29.9. The molecule has 6 heteroatoms. The van der Waals surface area contributed by atoms with Crippen molar-refractivity contribution < 1.29 is 14.0 Å². The van der Waals surface area contributed by atoms with Gasteiger partial charge in [-0.25, -0.2) is 9.18 Å². The highest BCUT2D eigenvalue weighted by Crippen LogP contribution is 2.32. The number of nitrogens with zero attached hydrogens (tertiary/aromatic N) is 2. The maximum Gasteiger partial charge on any atom is 0.324 e. The van der Waals surface area contributed by atoms with E-state index in [0.29, 0.717) is 25.0 Å². The first-order valence-corrected chi connectivity index (χ1v) is 6.82. The van der Waals surface area contributed by atoms with Crippen LogP contribution in [0.25, 0.3) is 0 Å². The maximum atomic E-state index is 14.0. The molecule has 0 aromatic carbocycles. The number of hydrogen-bond donors (Lipinski definition) is 1. The van der Waals surface area contributed by atoms with E-state index >= 15 is 0 Å². The molecular weight excluding hydrogens is 261 g/mol. The Morgan fingerprint density at radius 3 is 2.95 bits per heavy atom. The fourth-order valence-electron chi connectivity index (χ4n) is 2.95. The van der Waals surface area contributed by atoms with Gasteiger partial charge in [0.1, 0.15) is 6.17 Å². The highest BCUT2D eigenvalue weighted by Gasteiger charge is 2.47. The number of alkyl halides is 1. The number of carbonyl (C=O) groups excluding carboxylic acids is 2. The average molecular weight is 277 g/mol. The first-order valence-electron chi connectivity index (χ1n) is 6.82. The van der Waals surface area contributed by atoms with Crippen LogP contribution >= 0.6 is 0 Å². The van der Waals surface area contributed by atoms with Crippen molar-refractivity contribution in [3.63, 3.8) is 0 Å². The molecule has 2 heterocycles. The molecule has 3 unspecified atom stereocenters. The summed E-state index contributed by atoms with van der Waals surface area (Å²) in [5.41, 5.74) is 0.612. The van der Waals surface area contributed by atoms with E-state index < -0.39 is 24.0 Å². The zero-order chi connectivity index (χ0) is 14.1. The van der Waals surface area contributed by atoms with Gasteiger partial charge in [-0.1, -0.05) is 6.07 Å². The molecule has 1 aromatic heterocycles. The number of rotatable bonds is 2. The average Bonchev–Trinajstić information content (AvgIpc) is 2.44. The molecule has 1 saturated carbocycles. The van der Waals surface area contributed by atoms with Gasteiger partial charge >= 0.3 is 6.03 Å². The Labute approximate surface area is 116 Å². The smallest absolute Gasteiger partial charge is 0.324 e. The summed E-state index contributed by atoms with van der Waals surface area (Å²) in [6.45, 7) is 0.0848. The third-order valence-electron chi connectivity index (χ3n) is 3.97. The predicted octanol–water partition coefficient (Wildman–Crippen LogP) is 1.64. The molecule has 0 spiro atoms. The Balaban J connectivity index is 1.81. The molecule has 0 radical (unpaired) electrons. The quantitative estimate of drug-likeness (QED) is 0.894. The molecule has 20 heavy (non-hydrogen) atoms. The van der Waals surface area contributed by atoms with Gasteiger partial charge in [0.2, 0.25) is 5.91 Å². The summed E-state index contributed by atoms with van der Waals surface area (Å²) in [4.78, 5) is 29.6. The monoisotopic (exact) mass is 277 g/mol. The van der Waals surface area contributed by atoms with Gasteiger partial charge in [0.05, 0.1) is 18.2 Å². The molecule has 2 fully saturated rings. The largest absolute Gasteiger partial charge is 0.334 e. The molecule has 5 nitrogen and oxygen atoms in total. The zero-order valence-electron chi connectivity index (χ0n) is 11.0. The lowest BCUT2D eigenvalue weighted by Crippen LogP contribution is -2.62. The summed E-state index contributed by atoms with van der Waals surface area (Å²) in [5.74, 6) is -1.17. The molecule has 1 saturated heterocycles. The number of imide groups is 1. The van der Waals surface area contributed by atoms with Gasteiger partial charge in [-0.3, -0.25) is 14.7 Å². The van der Waals surface area contributed by atoms with Crippen molar-refractivity contribution in [2.75, 3.05) is 0 Å². The van der Waals surface area contributed by atoms with Gasteiger partial charge in [0, 0.05) is 12.2 Å². The first-order chi connectivity index (χ1) is 9.66. The second kappa shape index (κ2) is 5.19. The van der Waals surface area contributed by atoms with Crippen molar-refractivity contribution in [1.82, 2.24) is 15.2 Å². The Bertz CT molecular complexity index is 522. The van der Waals surface area contributed by atoms with Gasteiger partial charge in [-0.05, 0) is 31.4 Å². The molecule has 3 atom stereocenters. The molecule has 3 rings (SSSR count). The number of amides is 3. The maximum absolute atomic E-state index is 14.0. The van der Waals surface area contributed by atoms with E-state index in [4.69, 9.17) is 0 Å². The first kappa shape index (κ1) is 13.0. The third kappa shape index (κ3) is 2.26. The third-order valence-corrected chi connectivity index (χ3v) is 3.97. The zero-order valence-corrected chi connectivity index (χ0v) is 11.0. The van der Waals surface area contributed by atoms with E-state index in [-0.39, 0.29) is 12.6 Å². The van der Waals surface area contributed by atoms with Crippen molar-refractivity contribution in [2.45, 2.75) is 38.0 Å². The van der Waals surface area contributed by atoms with Crippen molar-refractivity contribution in [2.24, 2.45) is 5.92 Å². The van der Waals surface area contributed by atoms with Crippen molar-refractivity contribution in [1.29, 1.82) is 0 Å².